The van der Waals surface area contributed by atoms with Crippen LogP contribution in [0.25, 0.3) is 0 Å². The maximum Gasteiger partial charge on any atom is 0.573 e. The van der Waals surface area contributed by atoms with Gasteiger partial charge in [0, 0.05) is 0 Å². The lowest BCUT2D eigenvalue weighted by Crippen LogP contribution is -2.17. The van der Waals surface area contributed by atoms with E-state index < -0.39 is 6.36 Å². The zero-order valence-corrected chi connectivity index (χ0v) is 10.2. The highest BCUT2D eigenvalue weighted by Gasteiger charge is 2.45. The van der Waals surface area contributed by atoms with Crippen molar-refractivity contribution >= 4 is 5.97 Å². The van der Waals surface area contributed by atoms with Crippen molar-refractivity contribution in [2.75, 3.05) is 6.61 Å². The Labute approximate surface area is 108 Å². The van der Waals surface area contributed by atoms with Gasteiger partial charge in [0.25, 0.3) is 0 Å². The van der Waals surface area contributed by atoms with E-state index in [1.807, 2.05) is 0 Å². The van der Waals surface area contributed by atoms with Crippen LogP contribution in [0.4, 0.5) is 13.2 Å². The summed E-state index contributed by atoms with van der Waals surface area (Å²) in [5, 5.41) is 0. The standard InChI is InChI=1S/C13H13F3O3/c1-2-18-12(17)11-7-10(11)8-3-5-9(6-4-8)19-13(14,15)16/h3-6,10-11H,2,7H2,1H3/t10-,11+/m0/s1. The van der Waals surface area contributed by atoms with E-state index in [9.17, 15) is 18.0 Å². The summed E-state index contributed by atoms with van der Waals surface area (Å²) >= 11 is 0. The maximum atomic E-state index is 12.0. The third kappa shape index (κ3) is 3.62. The van der Waals surface area contributed by atoms with Crippen molar-refractivity contribution in [3.8, 4) is 5.75 Å². The SMILES string of the molecule is CCOC(=O)[C@@H]1C[C@H]1c1ccc(OC(F)(F)F)cc1. The van der Waals surface area contributed by atoms with Crippen LogP contribution in [-0.2, 0) is 9.53 Å². The minimum absolute atomic E-state index is 0.0407. The molecule has 3 nitrogen and oxygen atoms in total. The second-order valence-corrected chi connectivity index (χ2v) is 4.32. The number of alkyl halides is 3. The average Bonchev–Trinajstić information content (AvgIpc) is 3.08. The number of ether oxygens (including phenoxy) is 2. The summed E-state index contributed by atoms with van der Waals surface area (Å²) in [6, 6.07) is 5.60. The highest BCUT2D eigenvalue weighted by Crippen LogP contribution is 2.48. The fourth-order valence-electron chi connectivity index (χ4n) is 1.99. The number of hydrogen-bond donors (Lipinski definition) is 0. The molecule has 0 amide bonds. The number of rotatable bonds is 4. The highest BCUT2D eigenvalue weighted by atomic mass is 19.4. The zero-order chi connectivity index (χ0) is 14.0. The fraction of sp³-hybridized carbons (Fsp3) is 0.462. The predicted molar refractivity (Wildman–Crippen MR) is 60.6 cm³/mol. The summed E-state index contributed by atoms with van der Waals surface area (Å²) in [4.78, 5) is 11.4. The summed E-state index contributed by atoms with van der Waals surface area (Å²) < 4.78 is 44.6. The molecule has 0 aromatic heterocycles. The molecule has 1 fully saturated rings. The monoisotopic (exact) mass is 274 g/mol. The molecule has 6 heteroatoms. The van der Waals surface area contributed by atoms with Crippen LogP contribution in [0.3, 0.4) is 0 Å². The van der Waals surface area contributed by atoms with Crippen LogP contribution in [0.15, 0.2) is 24.3 Å². The zero-order valence-electron chi connectivity index (χ0n) is 10.2. The Hall–Kier alpha value is -1.72. The van der Waals surface area contributed by atoms with Crippen molar-refractivity contribution in [1.82, 2.24) is 0 Å². The Bertz CT molecular complexity index is 453. The average molecular weight is 274 g/mol. The van der Waals surface area contributed by atoms with Crippen molar-refractivity contribution in [3.63, 3.8) is 0 Å². The number of esters is 1. The van der Waals surface area contributed by atoms with Gasteiger partial charge in [-0.05, 0) is 37.0 Å². The van der Waals surface area contributed by atoms with Gasteiger partial charge in [-0.25, -0.2) is 0 Å². The number of halogens is 3. The van der Waals surface area contributed by atoms with Gasteiger partial charge in [0.05, 0.1) is 12.5 Å². The molecule has 1 aliphatic carbocycles. The smallest absolute Gasteiger partial charge is 0.466 e. The van der Waals surface area contributed by atoms with Crippen LogP contribution >= 0.6 is 0 Å². The summed E-state index contributed by atoms with van der Waals surface area (Å²) in [5.74, 6) is -0.638. The number of hydrogen-bond acceptors (Lipinski definition) is 3. The van der Waals surface area contributed by atoms with Crippen LogP contribution in [-0.4, -0.2) is 18.9 Å². The molecule has 0 bridgehead atoms. The third-order valence-corrected chi connectivity index (χ3v) is 2.92. The molecule has 0 saturated heterocycles. The lowest BCUT2D eigenvalue weighted by molar-refractivity contribution is -0.274. The number of benzene rings is 1. The molecule has 1 aromatic carbocycles. The molecular formula is C13H13F3O3. The second-order valence-electron chi connectivity index (χ2n) is 4.32. The van der Waals surface area contributed by atoms with E-state index in [2.05, 4.69) is 4.74 Å². The van der Waals surface area contributed by atoms with Crippen LogP contribution in [0.5, 0.6) is 5.75 Å². The summed E-state index contributed by atoms with van der Waals surface area (Å²) in [7, 11) is 0. The quantitative estimate of drug-likeness (QED) is 0.791. The van der Waals surface area contributed by atoms with E-state index in [4.69, 9.17) is 4.74 Å². The minimum Gasteiger partial charge on any atom is -0.466 e. The molecule has 0 heterocycles. The molecule has 0 N–H and O–H groups in total. The topological polar surface area (TPSA) is 35.5 Å². The largest absolute Gasteiger partial charge is 0.573 e. The van der Waals surface area contributed by atoms with Crippen LogP contribution in [0, 0.1) is 5.92 Å². The molecular weight excluding hydrogens is 261 g/mol. The molecule has 2 rings (SSSR count). The predicted octanol–water partition coefficient (Wildman–Crippen LogP) is 3.25. The van der Waals surface area contributed by atoms with E-state index in [1.165, 1.54) is 12.1 Å². The Morgan fingerprint density at radius 1 is 1.32 bits per heavy atom. The van der Waals surface area contributed by atoms with Crippen molar-refractivity contribution in [3.05, 3.63) is 29.8 Å². The van der Waals surface area contributed by atoms with E-state index in [1.54, 1.807) is 19.1 Å². The maximum absolute atomic E-state index is 12.0. The molecule has 0 aliphatic heterocycles. The lowest BCUT2D eigenvalue weighted by Gasteiger charge is -2.09. The van der Waals surface area contributed by atoms with Gasteiger partial charge in [0.2, 0.25) is 0 Å². The molecule has 104 valence electrons. The van der Waals surface area contributed by atoms with Crippen LogP contribution in [0.1, 0.15) is 24.8 Å². The van der Waals surface area contributed by atoms with Gasteiger partial charge >= 0.3 is 12.3 Å². The molecule has 19 heavy (non-hydrogen) atoms. The molecule has 2 atom stereocenters. The summed E-state index contributed by atoms with van der Waals surface area (Å²) in [5.41, 5.74) is 0.826. The minimum atomic E-state index is -4.69. The Morgan fingerprint density at radius 2 is 1.95 bits per heavy atom. The Kier molecular flexibility index (Phi) is 3.68. The van der Waals surface area contributed by atoms with Gasteiger partial charge in [-0.1, -0.05) is 12.1 Å². The van der Waals surface area contributed by atoms with Gasteiger partial charge < -0.3 is 9.47 Å². The van der Waals surface area contributed by atoms with E-state index in [0.29, 0.717) is 13.0 Å². The third-order valence-electron chi connectivity index (χ3n) is 2.92. The van der Waals surface area contributed by atoms with Crippen LogP contribution in [0.2, 0.25) is 0 Å². The van der Waals surface area contributed by atoms with E-state index in [0.717, 1.165) is 5.56 Å². The van der Waals surface area contributed by atoms with Gasteiger partial charge in [-0.3, -0.25) is 4.79 Å². The van der Waals surface area contributed by atoms with E-state index in [-0.39, 0.29) is 23.6 Å². The number of carbonyl (C=O) groups is 1. The molecule has 1 aliphatic rings. The van der Waals surface area contributed by atoms with Gasteiger partial charge in [0.1, 0.15) is 5.75 Å². The first kappa shape index (κ1) is 13.7. The molecule has 1 aromatic rings. The van der Waals surface area contributed by atoms with Crippen molar-refractivity contribution in [2.45, 2.75) is 25.6 Å². The second kappa shape index (κ2) is 5.11. The normalized spacial score (nSPS) is 21.9. The molecule has 0 unspecified atom stereocenters. The number of carbonyl (C=O) groups excluding carboxylic acids is 1. The van der Waals surface area contributed by atoms with Crippen LogP contribution < -0.4 is 4.74 Å². The summed E-state index contributed by atoms with van der Waals surface area (Å²) in [6.45, 7) is 2.07. The first-order chi connectivity index (χ1) is 8.90. The molecule has 1 saturated carbocycles. The lowest BCUT2D eigenvalue weighted by atomic mass is 10.1. The van der Waals surface area contributed by atoms with Gasteiger partial charge in [0.15, 0.2) is 0 Å². The highest BCUT2D eigenvalue weighted by molar-refractivity contribution is 5.77. The van der Waals surface area contributed by atoms with Crippen molar-refractivity contribution in [2.24, 2.45) is 5.92 Å². The molecule has 0 radical (unpaired) electrons. The summed E-state index contributed by atoms with van der Waals surface area (Å²) in [6.07, 6.45) is -4.01. The fourth-order valence-corrected chi connectivity index (χ4v) is 1.99. The molecule has 0 spiro atoms. The van der Waals surface area contributed by atoms with Gasteiger partial charge in [-0.2, -0.15) is 0 Å². The first-order valence-electron chi connectivity index (χ1n) is 5.93. The van der Waals surface area contributed by atoms with E-state index >= 15 is 0 Å². The Balaban J connectivity index is 1.95. The first-order valence-corrected chi connectivity index (χ1v) is 5.93. The van der Waals surface area contributed by atoms with Crippen molar-refractivity contribution < 1.29 is 27.4 Å². The Morgan fingerprint density at radius 3 is 2.47 bits per heavy atom. The van der Waals surface area contributed by atoms with Crippen molar-refractivity contribution in [1.29, 1.82) is 0 Å². The van der Waals surface area contributed by atoms with Gasteiger partial charge in [-0.15, -0.1) is 13.2 Å².